The Bertz CT molecular complexity index is 418. The van der Waals surface area contributed by atoms with E-state index in [9.17, 15) is 9.59 Å². The minimum Gasteiger partial charge on any atom is -0.465 e. The highest BCUT2D eigenvalue weighted by Gasteiger charge is 2.32. The van der Waals surface area contributed by atoms with Gasteiger partial charge in [0.1, 0.15) is 6.61 Å². The number of esters is 1. The molecule has 0 spiro atoms. The lowest BCUT2D eigenvalue weighted by molar-refractivity contribution is -0.137. The SMILES string of the molecule is O=C1C[C@@H](N(Cc2ccccc2)C(=O)O)CO1. The number of hydrogen-bond acceptors (Lipinski definition) is 3. The molecule has 1 saturated heterocycles. The summed E-state index contributed by atoms with van der Waals surface area (Å²) in [6, 6.07) is 8.91. The Hall–Kier alpha value is -2.04. The molecule has 0 aromatic heterocycles. The molecule has 90 valence electrons. The van der Waals surface area contributed by atoms with Crippen molar-refractivity contribution in [2.45, 2.75) is 19.0 Å². The van der Waals surface area contributed by atoms with Crippen molar-refractivity contribution >= 4 is 12.1 Å². The fourth-order valence-electron chi connectivity index (χ4n) is 1.83. The molecule has 5 nitrogen and oxygen atoms in total. The summed E-state index contributed by atoms with van der Waals surface area (Å²) in [4.78, 5) is 23.4. The lowest BCUT2D eigenvalue weighted by atomic mass is 10.1. The van der Waals surface area contributed by atoms with E-state index in [4.69, 9.17) is 9.84 Å². The van der Waals surface area contributed by atoms with Crippen LogP contribution in [-0.4, -0.2) is 34.7 Å². The predicted molar refractivity (Wildman–Crippen MR) is 59.4 cm³/mol. The summed E-state index contributed by atoms with van der Waals surface area (Å²) >= 11 is 0. The first-order valence-corrected chi connectivity index (χ1v) is 5.36. The van der Waals surface area contributed by atoms with Crippen LogP contribution in [0.2, 0.25) is 0 Å². The minimum absolute atomic E-state index is 0.138. The smallest absolute Gasteiger partial charge is 0.407 e. The molecule has 5 heteroatoms. The van der Waals surface area contributed by atoms with Gasteiger partial charge in [-0.15, -0.1) is 0 Å². The molecule has 1 aromatic carbocycles. The molecule has 1 amide bonds. The molecule has 0 saturated carbocycles. The molecule has 1 N–H and O–H groups in total. The summed E-state index contributed by atoms with van der Waals surface area (Å²) in [5.41, 5.74) is 0.897. The second-order valence-electron chi connectivity index (χ2n) is 3.94. The van der Waals surface area contributed by atoms with E-state index in [0.29, 0.717) is 0 Å². The van der Waals surface area contributed by atoms with Crippen molar-refractivity contribution in [2.75, 3.05) is 6.61 Å². The van der Waals surface area contributed by atoms with E-state index in [0.717, 1.165) is 5.56 Å². The number of ether oxygens (including phenoxy) is 1. The maximum atomic E-state index is 11.2. The van der Waals surface area contributed by atoms with Crippen LogP contribution in [0.4, 0.5) is 4.79 Å². The van der Waals surface area contributed by atoms with Gasteiger partial charge in [0, 0.05) is 6.54 Å². The number of rotatable bonds is 3. The molecule has 0 aliphatic carbocycles. The largest absolute Gasteiger partial charge is 0.465 e. The zero-order chi connectivity index (χ0) is 12.3. The molecule has 0 unspecified atom stereocenters. The highest BCUT2D eigenvalue weighted by molar-refractivity contribution is 5.74. The van der Waals surface area contributed by atoms with Gasteiger partial charge < -0.3 is 9.84 Å². The first-order valence-electron chi connectivity index (χ1n) is 5.36. The Kier molecular flexibility index (Phi) is 3.27. The lowest BCUT2D eigenvalue weighted by Gasteiger charge is -2.23. The van der Waals surface area contributed by atoms with Gasteiger partial charge in [-0.3, -0.25) is 9.69 Å². The average Bonchev–Trinajstić information content (AvgIpc) is 2.73. The summed E-state index contributed by atoms with van der Waals surface area (Å²) in [5, 5.41) is 9.14. The summed E-state index contributed by atoms with van der Waals surface area (Å²) in [6.07, 6.45) is -0.892. The Morgan fingerprint density at radius 2 is 2.12 bits per heavy atom. The van der Waals surface area contributed by atoms with Crippen molar-refractivity contribution in [3.05, 3.63) is 35.9 Å². The number of benzene rings is 1. The van der Waals surface area contributed by atoms with Gasteiger partial charge >= 0.3 is 12.1 Å². The van der Waals surface area contributed by atoms with Crippen LogP contribution in [0.25, 0.3) is 0 Å². The highest BCUT2D eigenvalue weighted by atomic mass is 16.5. The van der Waals surface area contributed by atoms with Crippen LogP contribution in [0.3, 0.4) is 0 Å². The number of amides is 1. The van der Waals surface area contributed by atoms with Crippen LogP contribution in [0.5, 0.6) is 0 Å². The Morgan fingerprint density at radius 1 is 1.41 bits per heavy atom. The lowest BCUT2D eigenvalue weighted by Crippen LogP contribution is -2.39. The molecular formula is C12H13NO4. The number of carbonyl (C=O) groups excluding carboxylic acids is 1. The van der Waals surface area contributed by atoms with Gasteiger partial charge in [-0.1, -0.05) is 30.3 Å². The molecule has 0 radical (unpaired) electrons. The number of cyclic esters (lactones) is 1. The molecular weight excluding hydrogens is 222 g/mol. The average molecular weight is 235 g/mol. The fraction of sp³-hybridized carbons (Fsp3) is 0.333. The van der Waals surface area contributed by atoms with Crippen molar-refractivity contribution < 1.29 is 19.4 Å². The van der Waals surface area contributed by atoms with Crippen molar-refractivity contribution in [1.82, 2.24) is 4.90 Å². The molecule has 17 heavy (non-hydrogen) atoms. The third-order valence-corrected chi connectivity index (χ3v) is 2.72. The van der Waals surface area contributed by atoms with Crippen molar-refractivity contribution in [2.24, 2.45) is 0 Å². The van der Waals surface area contributed by atoms with Crippen LogP contribution in [-0.2, 0) is 16.1 Å². The summed E-state index contributed by atoms with van der Waals surface area (Å²) in [7, 11) is 0. The molecule has 1 aliphatic heterocycles. The fourth-order valence-corrected chi connectivity index (χ4v) is 1.83. The van der Waals surface area contributed by atoms with E-state index < -0.39 is 6.09 Å². The quantitative estimate of drug-likeness (QED) is 0.806. The van der Waals surface area contributed by atoms with Crippen LogP contribution in [0.15, 0.2) is 30.3 Å². The number of carbonyl (C=O) groups is 2. The topological polar surface area (TPSA) is 66.8 Å². The molecule has 0 bridgehead atoms. The van der Waals surface area contributed by atoms with Crippen LogP contribution in [0, 0.1) is 0 Å². The number of carboxylic acid groups (broad SMARTS) is 1. The van der Waals surface area contributed by atoms with E-state index in [1.54, 1.807) is 0 Å². The monoisotopic (exact) mass is 235 g/mol. The zero-order valence-electron chi connectivity index (χ0n) is 9.20. The first-order chi connectivity index (χ1) is 8.16. The van der Waals surface area contributed by atoms with Gasteiger partial charge in [-0.2, -0.15) is 0 Å². The van der Waals surface area contributed by atoms with E-state index in [1.807, 2.05) is 30.3 Å². The molecule has 2 rings (SSSR count). The molecule has 1 atom stereocenters. The van der Waals surface area contributed by atoms with Crippen LogP contribution < -0.4 is 0 Å². The van der Waals surface area contributed by atoms with Gasteiger partial charge in [0.05, 0.1) is 12.5 Å². The Labute approximate surface area is 98.6 Å². The summed E-state index contributed by atoms with van der Waals surface area (Å²) in [5.74, 6) is -0.339. The Morgan fingerprint density at radius 3 is 2.65 bits per heavy atom. The van der Waals surface area contributed by atoms with Crippen LogP contribution in [0.1, 0.15) is 12.0 Å². The zero-order valence-corrected chi connectivity index (χ0v) is 9.20. The van der Waals surface area contributed by atoms with Crippen molar-refractivity contribution in [1.29, 1.82) is 0 Å². The van der Waals surface area contributed by atoms with E-state index in [2.05, 4.69) is 0 Å². The van der Waals surface area contributed by atoms with E-state index >= 15 is 0 Å². The van der Waals surface area contributed by atoms with Crippen molar-refractivity contribution in [3.63, 3.8) is 0 Å². The van der Waals surface area contributed by atoms with Gasteiger partial charge in [0.2, 0.25) is 0 Å². The molecule has 1 fully saturated rings. The third kappa shape index (κ3) is 2.75. The van der Waals surface area contributed by atoms with Gasteiger partial charge in [-0.05, 0) is 5.56 Å². The molecule has 1 aliphatic rings. The van der Waals surface area contributed by atoms with Crippen LogP contribution >= 0.6 is 0 Å². The summed E-state index contributed by atoms with van der Waals surface area (Å²) < 4.78 is 4.79. The minimum atomic E-state index is -1.03. The highest BCUT2D eigenvalue weighted by Crippen LogP contribution is 2.17. The third-order valence-electron chi connectivity index (χ3n) is 2.72. The standard InChI is InChI=1S/C12H13NO4/c14-11-6-10(8-17-11)13(12(15)16)7-9-4-2-1-3-5-9/h1-5,10H,6-8H2,(H,15,16)/t10-/m1/s1. The summed E-state index contributed by atoms with van der Waals surface area (Å²) in [6.45, 7) is 0.426. The van der Waals surface area contributed by atoms with Gasteiger partial charge in [-0.25, -0.2) is 4.79 Å². The number of nitrogens with zero attached hydrogens (tertiary/aromatic N) is 1. The van der Waals surface area contributed by atoms with Crippen molar-refractivity contribution in [3.8, 4) is 0 Å². The van der Waals surface area contributed by atoms with Gasteiger partial charge in [0.25, 0.3) is 0 Å². The van der Waals surface area contributed by atoms with E-state index in [1.165, 1.54) is 4.90 Å². The first kappa shape index (κ1) is 11.4. The number of hydrogen-bond donors (Lipinski definition) is 1. The Balaban J connectivity index is 2.08. The second kappa shape index (κ2) is 4.86. The molecule has 1 aromatic rings. The van der Waals surface area contributed by atoms with Gasteiger partial charge in [0.15, 0.2) is 0 Å². The normalized spacial score (nSPS) is 18.8. The van der Waals surface area contributed by atoms with E-state index in [-0.39, 0.29) is 31.6 Å². The second-order valence-corrected chi connectivity index (χ2v) is 3.94. The molecule has 1 heterocycles. The predicted octanol–water partition coefficient (Wildman–Crippen LogP) is 1.48. The maximum Gasteiger partial charge on any atom is 0.407 e. The maximum absolute atomic E-state index is 11.2.